The van der Waals surface area contributed by atoms with Crippen LogP contribution in [0.1, 0.15) is 11.1 Å². The maximum absolute atomic E-state index is 5.87. The summed E-state index contributed by atoms with van der Waals surface area (Å²) in [5, 5.41) is 3.37. The van der Waals surface area contributed by atoms with Crippen molar-refractivity contribution in [3.63, 3.8) is 0 Å². The van der Waals surface area contributed by atoms with E-state index in [0.717, 1.165) is 11.5 Å². The monoisotopic (exact) mass is 299 g/mol. The summed E-state index contributed by atoms with van der Waals surface area (Å²) in [5.41, 5.74) is 8.16. The van der Waals surface area contributed by atoms with Crippen LogP contribution in [0.4, 0.5) is 0 Å². The first-order chi connectivity index (χ1) is 10.3. The normalized spacial score (nSPS) is 10.8. The molecule has 0 spiro atoms. The van der Waals surface area contributed by atoms with Gasteiger partial charge >= 0.3 is 0 Å². The Morgan fingerprint density at radius 3 is 2.67 bits per heavy atom. The first kappa shape index (κ1) is 13.9. The van der Waals surface area contributed by atoms with E-state index in [4.69, 9.17) is 15.2 Å². The van der Waals surface area contributed by atoms with Gasteiger partial charge in [-0.05, 0) is 28.5 Å². The predicted molar refractivity (Wildman–Crippen MR) is 87.0 cm³/mol. The molecular formula is C17H17NO2S. The average Bonchev–Trinajstić information content (AvgIpc) is 2.96. The maximum Gasteiger partial charge on any atom is 0.123 e. The fraction of sp³-hybridized carbons (Fsp3) is 0.176. The van der Waals surface area contributed by atoms with E-state index in [9.17, 15) is 0 Å². The van der Waals surface area contributed by atoms with Crippen LogP contribution in [-0.4, -0.2) is 7.11 Å². The lowest BCUT2D eigenvalue weighted by atomic mass is 10.1. The van der Waals surface area contributed by atoms with Crippen molar-refractivity contribution >= 4 is 21.4 Å². The third-order valence-electron chi connectivity index (χ3n) is 3.42. The SMILES string of the molecule is COc1cccc(OCc2csc3c(CN)cccc23)c1. The molecule has 3 aromatic rings. The summed E-state index contributed by atoms with van der Waals surface area (Å²) in [6, 6.07) is 13.9. The zero-order chi connectivity index (χ0) is 14.7. The Kier molecular flexibility index (Phi) is 4.08. The quantitative estimate of drug-likeness (QED) is 0.776. The van der Waals surface area contributed by atoms with Crippen molar-refractivity contribution in [1.29, 1.82) is 0 Å². The Labute approximate surface area is 127 Å². The second-order valence-electron chi connectivity index (χ2n) is 4.73. The van der Waals surface area contributed by atoms with Crippen LogP contribution >= 0.6 is 11.3 Å². The molecule has 0 fully saturated rings. The van der Waals surface area contributed by atoms with Crippen LogP contribution in [0.5, 0.6) is 11.5 Å². The lowest BCUT2D eigenvalue weighted by molar-refractivity contribution is 0.305. The summed E-state index contributed by atoms with van der Waals surface area (Å²) in [6.07, 6.45) is 0. The van der Waals surface area contributed by atoms with Gasteiger partial charge in [0.1, 0.15) is 18.1 Å². The number of rotatable bonds is 5. The molecule has 0 unspecified atom stereocenters. The first-order valence-corrected chi connectivity index (χ1v) is 7.64. The zero-order valence-electron chi connectivity index (χ0n) is 11.8. The molecule has 0 bridgehead atoms. The van der Waals surface area contributed by atoms with Crippen LogP contribution in [-0.2, 0) is 13.2 Å². The van der Waals surface area contributed by atoms with E-state index >= 15 is 0 Å². The van der Waals surface area contributed by atoms with Crippen LogP contribution in [0.25, 0.3) is 10.1 Å². The molecule has 0 amide bonds. The van der Waals surface area contributed by atoms with Crippen molar-refractivity contribution in [2.24, 2.45) is 5.73 Å². The third kappa shape index (κ3) is 2.86. The summed E-state index contributed by atoms with van der Waals surface area (Å²) in [4.78, 5) is 0. The highest BCUT2D eigenvalue weighted by molar-refractivity contribution is 7.17. The topological polar surface area (TPSA) is 44.5 Å². The number of hydrogen-bond donors (Lipinski definition) is 1. The van der Waals surface area contributed by atoms with Crippen molar-refractivity contribution in [1.82, 2.24) is 0 Å². The van der Waals surface area contributed by atoms with Gasteiger partial charge in [-0.25, -0.2) is 0 Å². The largest absolute Gasteiger partial charge is 0.497 e. The van der Waals surface area contributed by atoms with E-state index in [0.29, 0.717) is 13.2 Å². The van der Waals surface area contributed by atoms with Crippen molar-refractivity contribution in [2.45, 2.75) is 13.2 Å². The molecular weight excluding hydrogens is 282 g/mol. The van der Waals surface area contributed by atoms with Gasteiger partial charge in [0.15, 0.2) is 0 Å². The molecule has 0 atom stereocenters. The average molecular weight is 299 g/mol. The smallest absolute Gasteiger partial charge is 0.123 e. The summed E-state index contributed by atoms with van der Waals surface area (Å²) in [7, 11) is 1.65. The Morgan fingerprint density at radius 2 is 1.86 bits per heavy atom. The number of fused-ring (bicyclic) bond motifs is 1. The van der Waals surface area contributed by atoms with Gasteiger partial charge in [0.25, 0.3) is 0 Å². The van der Waals surface area contributed by atoms with Crippen molar-refractivity contribution < 1.29 is 9.47 Å². The van der Waals surface area contributed by atoms with E-state index in [1.807, 2.05) is 30.3 Å². The molecule has 21 heavy (non-hydrogen) atoms. The van der Waals surface area contributed by atoms with Gasteiger partial charge in [-0.3, -0.25) is 0 Å². The molecule has 1 aromatic heterocycles. The molecule has 0 radical (unpaired) electrons. The molecule has 0 saturated carbocycles. The number of nitrogens with two attached hydrogens (primary N) is 1. The fourth-order valence-electron chi connectivity index (χ4n) is 2.29. The molecule has 0 aliphatic carbocycles. The van der Waals surface area contributed by atoms with Crippen LogP contribution in [0.2, 0.25) is 0 Å². The van der Waals surface area contributed by atoms with Gasteiger partial charge in [-0.1, -0.05) is 24.3 Å². The molecule has 0 aliphatic heterocycles. The standard InChI is InChI=1S/C17H17NO2S/c1-19-14-5-3-6-15(8-14)20-10-13-11-21-17-12(9-18)4-2-7-16(13)17/h2-8,11H,9-10,18H2,1H3. The van der Waals surface area contributed by atoms with Gasteiger partial charge in [-0.15, -0.1) is 11.3 Å². The third-order valence-corrected chi connectivity index (χ3v) is 4.54. The molecule has 2 aromatic carbocycles. The highest BCUT2D eigenvalue weighted by atomic mass is 32.1. The zero-order valence-corrected chi connectivity index (χ0v) is 12.7. The number of benzene rings is 2. The lowest BCUT2D eigenvalue weighted by Crippen LogP contribution is -1.97. The summed E-state index contributed by atoms with van der Waals surface area (Å²) in [5.74, 6) is 1.61. The molecule has 0 saturated heterocycles. The highest BCUT2D eigenvalue weighted by Crippen LogP contribution is 2.30. The Bertz CT molecular complexity index is 751. The van der Waals surface area contributed by atoms with Crippen LogP contribution in [0.15, 0.2) is 47.8 Å². The predicted octanol–water partition coefficient (Wildman–Crippen LogP) is 3.95. The number of methoxy groups -OCH3 is 1. The minimum Gasteiger partial charge on any atom is -0.497 e. The van der Waals surface area contributed by atoms with Gasteiger partial charge in [0.05, 0.1) is 7.11 Å². The van der Waals surface area contributed by atoms with Crippen molar-refractivity contribution in [3.05, 3.63) is 59.0 Å². The Hall–Kier alpha value is -2.04. The van der Waals surface area contributed by atoms with Gasteiger partial charge in [0, 0.05) is 22.9 Å². The molecule has 3 rings (SSSR count). The first-order valence-electron chi connectivity index (χ1n) is 6.76. The van der Waals surface area contributed by atoms with Crippen LogP contribution < -0.4 is 15.2 Å². The summed E-state index contributed by atoms with van der Waals surface area (Å²) < 4.78 is 12.3. The number of hydrogen-bond acceptors (Lipinski definition) is 4. The second kappa shape index (κ2) is 6.16. The minimum atomic E-state index is 0.543. The molecule has 108 valence electrons. The van der Waals surface area contributed by atoms with E-state index in [1.165, 1.54) is 21.2 Å². The summed E-state index contributed by atoms with van der Waals surface area (Å²) in [6.45, 7) is 1.11. The van der Waals surface area contributed by atoms with Gasteiger partial charge in [-0.2, -0.15) is 0 Å². The van der Waals surface area contributed by atoms with E-state index in [1.54, 1.807) is 18.4 Å². The van der Waals surface area contributed by atoms with Crippen LogP contribution in [0.3, 0.4) is 0 Å². The highest BCUT2D eigenvalue weighted by Gasteiger charge is 2.08. The molecule has 4 heteroatoms. The van der Waals surface area contributed by atoms with Crippen molar-refractivity contribution in [3.8, 4) is 11.5 Å². The van der Waals surface area contributed by atoms with Crippen LogP contribution in [0, 0.1) is 0 Å². The van der Waals surface area contributed by atoms with Crippen molar-refractivity contribution in [2.75, 3.05) is 7.11 Å². The number of ether oxygens (including phenoxy) is 2. The maximum atomic E-state index is 5.87. The van der Waals surface area contributed by atoms with E-state index in [2.05, 4.69) is 17.5 Å². The Balaban J connectivity index is 1.82. The van der Waals surface area contributed by atoms with Gasteiger partial charge < -0.3 is 15.2 Å². The molecule has 0 aliphatic rings. The van der Waals surface area contributed by atoms with E-state index < -0.39 is 0 Å². The van der Waals surface area contributed by atoms with Gasteiger partial charge in [0.2, 0.25) is 0 Å². The summed E-state index contributed by atoms with van der Waals surface area (Å²) >= 11 is 1.72. The van der Waals surface area contributed by atoms with E-state index in [-0.39, 0.29) is 0 Å². The second-order valence-corrected chi connectivity index (χ2v) is 5.61. The Morgan fingerprint density at radius 1 is 1.05 bits per heavy atom. The number of thiophene rings is 1. The molecule has 2 N–H and O–H groups in total. The minimum absolute atomic E-state index is 0.543. The lowest BCUT2D eigenvalue weighted by Gasteiger charge is -2.07. The fourth-order valence-corrected chi connectivity index (χ4v) is 3.38. The molecule has 3 nitrogen and oxygen atoms in total. The molecule has 1 heterocycles.